The monoisotopic (exact) mass is 278 g/mol. The summed E-state index contributed by atoms with van der Waals surface area (Å²) < 4.78 is 0. The summed E-state index contributed by atoms with van der Waals surface area (Å²) in [6, 6.07) is 0. The second-order valence-electron chi connectivity index (χ2n) is 6.67. The molecular formula is C16H26N2O2. The first kappa shape index (κ1) is 15.2. The zero-order valence-electron chi connectivity index (χ0n) is 12.9. The number of Topliss-reactive ketones (excluding diaryl/α,β-unsaturated/α-hetero) is 2. The van der Waals surface area contributed by atoms with E-state index in [9.17, 15) is 9.59 Å². The summed E-state index contributed by atoms with van der Waals surface area (Å²) in [7, 11) is 0. The number of nitrogens with one attached hydrogen (secondary N) is 1. The van der Waals surface area contributed by atoms with Crippen LogP contribution >= 0.6 is 0 Å². The molecule has 4 heteroatoms. The number of carbonyl (C=O) groups is 2. The third-order valence-electron chi connectivity index (χ3n) is 4.11. The second-order valence-corrected chi connectivity index (χ2v) is 6.67. The van der Waals surface area contributed by atoms with Gasteiger partial charge >= 0.3 is 0 Å². The van der Waals surface area contributed by atoms with E-state index >= 15 is 0 Å². The minimum absolute atomic E-state index is 0.0344. The standard InChI is InChI=1S/C16H26N2O2/c1-4-5-13(19)15-12(18-8-6-17-7-9-18)10-16(2,3)11-14(15)20/h17H,4-11H2,1-3H3. The molecule has 1 saturated heterocycles. The molecule has 20 heavy (non-hydrogen) atoms. The first-order valence-corrected chi connectivity index (χ1v) is 7.70. The van der Waals surface area contributed by atoms with Crippen molar-refractivity contribution >= 4 is 11.6 Å². The number of hydrogen-bond acceptors (Lipinski definition) is 4. The lowest BCUT2D eigenvalue weighted by Crippen LogP contribution is -2.46. The highest BCUT2D eigenvalue weighted by Gasteiger charge is 2.37. The van der Waals surface area contributed by atoms with E-state index in [1.807, 2.05) is 6.92 Å². The molecule has 1 aliphatic heterocycles. The van der Waals surface area contributed by atoms with Crippen LogP contribution in [0, 0.1) is 5.41 Å². The van der Waals surface area contributed by atoms with Crippen LogP contribution in [-0.2, 0) is 9.59 Å². The number of nitrogens with zero attached hydrogens (tertiary/aromatic N) is 1. The Balaban J connectivity index is 2.36. The third kappa shape index (κ3) is 3.29. The van der Waals surface area contributed by atoms with Crippen LogP contribution in [0.2, 0.25) is 0 Å². The Labute approximate surface area is 121 Å². The molecule has 0 amide bonds. The molecular weight excluding hydrogens is 252 g/mol. The lowest BCUT2D eigenvalue weighted by Gasteiger charge is -2.39. The molecule has 1 heterocycles. The van der Waals surface area contributed by atoms with E-state index in [2.05, 4.69) is 24.1 Å². The summed E-state index contributed by atoms with van der Waals surface area (Å²) in [5.74, 6) is 0.0924. The van der Waals surface area contributed by atoms with Crippen molar-refractivity contribution in [2.75, 3.05) is 26.2 Å². The first-order chi connectivity index (χ1) is 9.44. The van der Waals surface area contributed by atoms with E-state index in [0.717, 1.165) is 44.7 Å². The van der Waals surface area contributed by atoms with Gasteiger partial charge in [-0.2, -0.15) is 0 Å². The fourth-order valence-electron chi connectivity index (χ4n) is 3.16. The lowest BCUT2D eigenvalue weighted by molar-refractivity contribution is -0.123. The van der Waals surface area contributed by atoms with Gasteiger partial charge in [-0.25, -0.2) is 0 Å². The molecule has 2 rings (SSSR count). The van der Waals surface area contributed by atoms with E-state index < -0.39 is 0 Å². The molecule has 0 atom stereocenters. The van der Waals surface area contributed by atoms with Crippen LogP contribution in [0.25, 0.3) is 0 Å². The highest BCUT2D eigenvalue weighted by molar-refractivity contribution is 6.21. The number of piperazine rings is 1. The van der Waals surface area contributed by atoms with Gasteiger partial charge in [0.05, 0.1) is 5.57 Å². The lowest BCUT2D eigenvalue weighted by atomic mass is 9.74. The first-order valence-electron chi connectivity index (χ1n) is 7.70. The number of allylic oxidation sites excluding steroid dienone is 2. The number of rotatable bonds is 4. The predicted molar refractivity (Wildman–Crippen MR) is 79.4 cm³/mol. The minimum atomic E-state index is -0.0344. The van der Waals surface area contributed by atoms with E-state index in [4.69, 9.17) is 0 Å². The van der Waals surface area contributed by atoms with Crippen LogP contribution in [0.15, 0.2) is 11.3 Å². The molecule has 0 unspecified atom stereocenters. The Hall–Kier alpha value is -1.16. The summed E-state index contributed by atoms with van der Waals surface area (Å²) in [5, 5.41) is 3.32. The Morgan fingerprint density at radius 2 is 1.90 bits per heavy atom. The van der Waals surface area contributed by atoms with Gasteiger partial charge in [-0.3, -0.25) is 9.59 Å². The summed E-state index contributed by atoms with van der Waals surface area (Å²) in [4.78, 5) is 27.1. The number of ketones is 2. The Bertz CT molecular complexity index is 432. The maximum atomic E-state index is 12.5. The molecule has 0 radical (unpaired) electrons. The molecule has 0 spiro atoms. The Kier molecular flexibility index (Phi) is 4.63. The van der Waals surface area contributed by atoms with E-state index in [-0.39, 0.29) is 17.0 Å². The van der Waals surface area contributed by atoms with Crippen LogP contribution in [0.3, 0.4) is 0 Å². The van der Waals surface area contributed by atoms with Gasteiger partial charge in [0.25, 0.3) is 0 Å². The summed E-state index contributed by atoms with van der Waals surface area (Å²) >= 11 is 0. The molecule has 0 bridgehead atoms. The largest absolute Gasteiger partial charge is 0.372 e. The summed E-state index contributed by atoms with van der Waals surface area (Å²) in [6.45, 7) is 9.85. The van der Waals surface area contributed by atoms with Crippen molar-refractivity contribution in [2.45, 2.75) is 46.5 Å². The van der Waals surface area contributed by atoms with Crippen LogP contribution in [-0.4, -0.2) is 42.6 Å². The topological polar surface area (TPSA) is 49.4 Å². The van der Waals surface area contributed by atoms with Gasteiger partial charge in [0.2, 0.25) is 0 Å². The van der Waals surface area contributed by atoms with E-state index in [1.54, 1.807) is 0 Å². The molecule has 1 aliphatic carbocycles. The Morgan fingerprint density at radius 1 is 1.25 bits per heavy atom. The fraction of sp³-hybridized carbons (Fsp3) is 0.750. The highest BCUT2D eigenvalue weighted by Crippen LogP contribution is 2.38. The van der Waals surface area contributed by atoms with Gasteiger partial charge in [0.15, 0.2) is 11.6 Å². The Morgan fingerprint density at radius 3 is 2.50 bits per heavy atom. The molecule has 0 aromatic rings. The van der Waals surface area contributed by atoms with Gasteiger partial charge < -0.3 is 10.2 Å². The summed E-state index contributed by atoms with van der Waals surface area (Å²) in [6.07, 6.45) is 2.61. The average molecular weight is 278 g/mol. The van der Waals surface area contributed by atoms with Crippen molar-refractivity contribution in [2.24, 2.45) is 5.41 Å². The second kappa shape index (κ2) is 6.08. The number of carbonyl (C=O) groups excluding carboxylic acids is 2. The van der Waals surface area contributed by atoms with Crippen molar-refractivity contribution in [1.82, 2.24) is 10.2 Å². The molecule has 2 aliphatic rings. The molecule has 4 nitrogen and oxygen atoms in total. The molecule has 112 valence electrons. The normalized spacial score (nSPS) is 23.1. The van der Waals surface area contributed by atoms with Crippen LogP contribution in [0.5, 0.6) is 0 Å². The smallest absolute Gasteiger partial charge is 0.168 e. The van der Waals surface area contributed by atoms with Crippen molar-refractivity contribution in [3.63, 3.8) is 0 Å². The molecule has 0 aromatic carbocycles. The van der Waals surface area contributed by atoms with Crippen LogP contribution in [0.1, 0.15) is 46.5 Å². The van der Waals surface area contributed by atoms with Crippen molar-refractivity contribution < 1.29 is 9.59 Å². The summed E-state index contributed by atoms with van der Waals surface area (Å²) in [5.41, 5.74) is 1.48. The SMILES string of the molecule is CCCC(=O)C1=C(N2CCNCC2)CC(C)(C)CC1=O. The zero-order chi connectivity index (χ0) is 14.8. The van der Waals surface area contributed by atoms with Gasteiger partial charge in [-0.1, -0.05) is 20.8 Å². The third-order valence-corrected chi connectivity index (χ3v) is 4.11. The molecule has 0 saturated carbocycles. The number of hydrogen-bond donors (Lipinski definition) is 1. The van der Waals surface area contributed by atoms with Crippen molar-refractivity contribution in [3.8, 4) is 0 Å². The van der Waals surface area contributed by atoms with Gasteiger partial charge in [0.1, 0.15) is 0 Å². The van der Waals surface area contributed by atoms with E-state index in [1.165, 1.54) is 0 Å². The van der Waals surface area contributed by atoms with E-state index in [0.29, 0.717) is 18.4 Å². The predicted octanol–water partition coefficient (Wildman–Crippen LogP) is 1.90. The van der Waals surface area contributed by atoms with Gasteiger partial charge in [-0.05, 0) is 18.3 Å². The highest BCUT2D eigenvalue weighted by atomic mass is 16.1. The fourth-order valence-corrected chi connectivity index (χ4v) is 3.16. The molecule has 1 fully saturated rings. The minimum Gasteiger partial charge on any atom is -0.372 e. The quantitative estimate of drug-likeness (QED) is 0.798. The average Bonchev–Trinajstić information content (AvgIpc) is 2.38. The molecule has 0 aromatic heterocycles. The van der Waals surface area contributed by atoms with Crippen molar-refractivity contribution in [1.29, 1.82) is 0 Å². The maximum absolute atomic E-state index is 12.5. The zero-order valence-corrected chi connectivity index (χ0v) is 12.9. The maximum Gasteiger partial charge on any atom is 0.168 e. The van der Waals surface area contributed by atoms with Gasteiger partial charge in [0, 0.05) is 44.7 Å². The van der Waals surface area contributed by atoms with Crippen molar-refractivity contribution in [3.05, 3.63) is 11.3 Å². The van der Waals surface area contributed by atoms with Crippen LogP contribution < -0.4 is 5.32 Å². The van der Waals surface area contributed by atoms with Crippen LogP contribution in [0.4, 0.5) is 0 Å². The molecule has 1 N–H and O–H groups in total. The van der Waals surface area contributed by atoms with Gasteiger partial charge in [-0.15, -0.1) is 0 Å².